The molecule has 1 aliphatic heterocycles. The summed E-state index contributed by atoms with van der Waals surface area (Å²) in [5, 5.41) is 3.63. The summed E-state index contributed by atoms with van der Waals surface area (Å²) in [6, 6.07) is 6.02. The van der Waals surface area contributed by atoms with Gasteiger partial charge in [-0.25, -0.2) is 4.79 Å². The zero-order chi connectivity index (χ0) is 22.4. The van der Waals surface area contributed by atoms with Crippen molar-refractivity contribution >= 4 is 28.5 Å². The zero-order valence-corrected chi connectivity index (χ0v) is 19.1. The van der Waals surface area contributed by atoms with Gasteiger partial charge in [0.05, 0.1) is 30.8 Å². The standard InChI is InChI=1S/C24H33N3O4/c1-23(2)11-15-12-24(3,13-23)14-27(15)10-9-18(28)26-20-19-16(7-6-8-17(19)30-4)25-21(20)22(29)31-5/h6-8,15,25H,9-14H2,1-5H3,(H,26,28)/t15-,24-/m1/s1. The first-order valence-electron chi connectivity index (χ1n) is 11.0. The van der Waals surface area contributed by atoms with Crippen molar-refractivity contribution in [1.82, 2.24) is 9.88 Å². The molecule has 2 fully saturated rings. The Hall–Kier alpha value is -2.54. The van der Waals surface area contributed by atoms with Gasteiger partial charge in [0.2, 0.25) is 5.91 Å². The van der Waals surface area contributed by atoms with Crippen LogP contribution in [-0.4, -0.2) is 55.1 Å². The Morgan fingerprint density at radius 3 is 2.71 bits per heavy atom. The van der Waals surface area contributed by atoms with Crippen LogP contribution in [0.4, 0.5) is 5.69 Å². The average Bonchev–Trinajstić information content (AvgIpc) is 3.18. The second-order valence-electron chi connectivity index (χ2n) is 10.2. The van der Waals surface area contributed by atoms with E-state index in [1.165, 1.54) is 26.4 Å². The number of amides is 1. The summed E-state index contributed by atoms with van der Waals surface area (Å²) in [7, 11) is 2.89. The molecule has 168 valence electrons. The van der Waals surface area contributed by atoms with Crippen molar-refractivity contribution in [1.29, 1.82) is 0 Å². The summed E-state index contributed by atoms with van der Waals surface area (Å²) in [5.41, 5.74) is 2.04. The molecule has 2 atom stereocenters. The zero-order valence-electron chi connectivity index (χ0n) is 19.1. The maximum atomic E-state index is 12.9. The SMILES string of the molecule is COC(=O)c1[nH]c2cccc(OC)c2c1NC(=O)CCN1C[C@]2(C)C[C@H]1CC(C)(C)C2. The lowest BCUT2D eigenvalue weighted by Crippen LogP contribution is -2.35. The number of aromatic amines is 1. The Bertz CT molecular complexity index is 1010. The Labute approximate surface area is 183 Å². The van der Waals surface area contributed by atoms with Gasteiger partial charge in [-0.1, -0.05) is 26.8 Å². The van der Waals surface area contributed by atoms with Gasteiger partial charge in [0.1, 0.15) is 11.4 Å². The number of esters is 1. The van der Waals surface area contributed by atoms with Crippen LogP contribution >= 0.6 is 0 Å². The van der Waals surface area contributed by atoms with Crippen molar-refractivity contribution in [3.8, 4) is 5.75 Å². The van der Waals surface area contributed by atoms with E-state index in [4.69, 9.17) is 9.47 Å². The van der Waals surface area contributed by atoms with E-state index >= 15 is 0 Å². The summed E-state index contributed by atoms with van der Waals surface area (Å²) in [4.78, 5) is 30.8. The molecule has 7 heteroatoms. The molecular formula is C24H33N3O4. The van der Waals surface area contributed by atoms with Gasteiger partial charge < -0.3 is 19.8 Å². The minimum Gasteiger partial charge on any atom is -0.496 e. The number of methoxy groups -OCH3 is 2. The molecule has 1 aliphatic carbocycles. The third-order valence-corrected chi connectivity index (χ3v) is 6.81. The maximum absolute atomic E-state index is 12.9. The number of fused-ring (bicyclic) bond motifs is 3. The fourth-order valence-electron chi connectivity index (χ4n) is 6.05. The lowest BCUT2D eigenvalue weighted by Gasteiger charge is -2.39. The molecule has 1 amide bonds. The Morgan fingerprint density at radius 1 is 1.23 bits per heavy atom. The van der Waals surface area contributed by atoms with E-state index in [1.807, 2.05) is 12.1 Å². The first-order chi connectivity index (χ1) is 14.6. The van der Waals surface area contributed by atoms with Gasteiger partial charge >= 0.3 is 5.97 Å². The highest BCUT2D eigenvalue weighted by molar-refractivity contribution is 6.12. The minimum atomic E-state index is -0.531. The second kappa shape index (κ2) is 7.86. The van der Waals surface area contributed by atoms with Crippen LogP contribution < -0.4 is 10.1 Å². The smallest absolute Gasteiger partial charge is 0.356 e. The summed E-state index contributed by atoms with van der Waals surface area (Å²) in [6.45, 7) is 8.85. The first kappa shape index (κ1) is 21.7. The van der Waals surface area contributed by atoms with Gasteiger partial charge in [0.15, 0.2) is 0 Å². The number of aromatic nitrogens is 1. The number of rotatable bonds is 6. The maximum Gasteiger partial charge on any atom is 0.356 e. The summed E-state index contributed by atoms with van der Waals surface area (Å²) in [6.07, 6.45) is 3.99. The van der Waals surface area contributed by atoms with E-state index in [1.54, 1.807) is 13.2 Å². The molecule has 0 unspecified atom stereocenters. The fourth-order valence-corrected chi connectivity index (χ4v) is 6.05. The van der Waals surface area contributed by atoms with Gasteiger partial charge in [-0.3, -0.25) is 9.69 Å². The van der Waals surface area contributed by atoms with Crippen LogP contribution in [0.3, 0.4) is 0 Å². The molecule has 2 N–H and O–H groups in total. The lowest BCUT2D eigenvalue weighted by molar-refractivity contribution is -0.116. The predicted octanol–water partition coefficient (Wildman–Crippen LogP) is 4.19. The number of hydrogen-bond donors (Lipinski definition) is 2. The van der Waals surface area contributed by atoms with E-state index in [9.17, 15) is 9.59 Å². The van der Waals surface area contributed by atoms with Crippen LogP contribution in [0.5, 0.6) is 5.75 Å². The Balaban J connectivity index is 1.51. The number of carbonyl (C=O) groups excluding carboxylic acids is 2. The van der Waals surface area contributed by atoms with Crippen molar-refractivity contribution in [3.63, 3.8) is 0 Å². The molecule has 1 aromatic carbocycles. The van der Waals surface area contributed by atoms with Crippen molar-refractivity contribution < 1.29 is 19.1 Å². The van der Waals surface area contributed by atoms with Gasteiger partial charge in [0.25, 0.3) is 0 Å². The molecule has 1 saturated carbocycles. The first-order valence-corrected chi connectivity index (χ1v) is 11.0. The normalized spacial score (nSPS) is 24.9. The lowest BCUT2D eigenvalue weighted by atomic mass is 9.65. The van der Waals surface area contributed by atoms with Crippen LogP contribution in [0.15, 0.2) is 18.2 Å². The predicted molar refractivity (Wildman–Crippen MR) is 121 cm³/mol. The molecule has 0 spiro atoms. The summed E-state index contributed by atoms with van der Waals surface area (Å²) < 4.78 is 10.4. The molecule has 31 heavy (non-hydrogen) atoms. The fraction of sp³-hybridized carbons (Fsp3) is 0.583. The monoisotopic (exact) mass is 427 g/mol. The number of benzene rings is 1. The molecule has 2 heterocycles. The molecular weight excluding hydrogens is 394 g/mol. The molecule has 1 saturated heterocycles. The largest absolute Gasteiger partial charge is 0.496 e. The highest BCUT2D eigenvalue weighted by Crippen LogP contribution is 2.52. The summed E-state index contributed by atoms with van der Waals surface area (Å²) in [5.74, 6) is -0.0671. The number of nitrogens with one attached hydrogen (secondary N) is 2. The summed E-state index contributed by atoms with van der Waals surface area (Å²) >= 11 is 0. The number of hydrogen-bond acceptors (Lipinski definition) is 5. The van der Waals surface area contributed by atoms with Crippen LogP contribution in [-0.2, 0) is 9.53 Å². The van der Waals surface area contributed by atoms with E-state index < -0.39 is 5.97 Å². The minimum absolute atomic E-state index is 0.122. The quantitative estimate of drug-likeness (QED) is 0.676. The van der Waals surface area contributed by atoms with E-state index in [2.05, 4.69) is 36.0 Å². The molecule has 4 rings (SSSR count). The van der Waals surface area contributed by atoms with Crippen LogP contribution in [0.2, 0.25) is 0 Å². The van der Waals surface area contributed by atoms with Crippen molar-refractivity contribution in [2.45, 2.75) is 52.5 Å². The third-order valence-electron chi connectivity index (χ3n) is 6.81. The number of ether oxygens (including phenoxy) is 2. The van der Waals surface area contributed by atoms with Crippen LogP contribution in [0.25, 0.3) is 10.9 Å². The highest BCUT2D eigenvalue weighted by Gasteiger charge is 2.49. The molecule has 2 aliphatic rings. The number of carbonyl (C=O) groups is 2. The van der Waals surface area contributed by atoms with Crippen molar-refractivity contribution in [2.75, 3.05) is 32.6 Å². The molecule has 1 aromatic heterocycles. The van der Waals surface area contributed by atoms with Gasteiger partial charge in [0, 0.05) is 25.6 Å². The van der Waals surface area contributed by atoms with E-state index in [0.717, 1.165) is 13.1 Å². The topological polar surface area (TPSA) is 83.7 Å². The number of likely N-dealkylation sites (tertiary alicyclic amines) is 1. The van der Waals surface area contributed by atoms with Crippen LogP contribution in [0.1, 0.15) is 56.9 Å². The molecule has 0 radical (unpaired) electrons. The Morgan fingerprint density at radius 2 is 2.00 bits per heavy atom. The third kappa shape index (κ3) is 4.15. The second-order valence-corrected chi connectivity index (χ2v) is 10.2. The molecule has 7 nitrogen and oxygen atoms in total. The van der Waals surface area contributed by atoms with Gasteiger partial charge in [-0.15, -0.1) is 0 Å². The highest BCUT2D eigenvalue weighted by atomic mass is 16.5. The van der Waals surface area contributed by atoms with Gasteiger partial charge in [-0.05, 0) is 42.2 Å². The number of anilines is 1. The Kier molecular flexibility index (Phi) is 5.50. The number of H-pyrrole nitrogens is 1. The number of nitrogens with zero attached hydrogens (tertiary/aromatic N) is 1. The van der Waals surface area contributed by atoms with E-state index in [-0.39, 0.29) is 11.6 Å². The van der Waals surface area contributed by atoms with Crippen molar-refractivity contribution in [3.05, 3.63) is 23.9 Å². The molecule has 2 bridgehead atoms. The van der Waals surface area contributed by atoms with Gasteiger partial charge in [-0.2, -0.15) is 0 Å². The van der Waals surface area contributed by atoms with Crippen molar-refractivity contribution in [2.24, 2.45) is 10.8 Å². The van der Waals surface area contributed by atoms with Crippen LogP contribution in [0, 0.1) is 10.8 Å². The average molecular weight is 428 g/mol. The van der Waals surface area contributed by atoms with E-state index in [0.29, 0.717) is 45.6 Å². The molecule has 2 aromatic rings.